The number of carbonyl (C=O) groups is 2. The third kappa shape index (κ3) is 2.28. The molecule has 1 aromatic rings. The minimum Gasteiger partial charge on any atom is -0.342 e. The van der Waals surface area contributed by atoms with E-state index in [0.29, 0.717) is 32.0 Å². The van der Waals surface area contributed by atoms with Crippen molar-refractivity contribution < 1.29 is 9.59 Å². The molecule has 2 atom stereocenters. The predicted molar refractivity (Wildman–Crippen MR) is 75.3 cm³/mol. The number of likely N-dealkylation sites (tertiary alicyclic amines) is 1. The van der Waals surface area contributed by atoms with E-state index >= 15 is 0 Å². The van der Waals surface area contributed by atoms with Gasteiger partial charge in [-0.25, -0.2) is 9.97 Å². The van der Waals surface area contributed by atoms with Crippen molar-refractivity contribution in [1.82, 2.24) is 14.9 Å². The van der Waals surface area contributed by atoms with Gasteiger partial charge in [-0.15, -0.1) is 0 Å². The number of anilines is 1. The molecule has 21 heavy (non-hydrogen) atoms. The Bertz CT molecular complexity index is 572. The summed E-state index contributed by atoms with van der Waals surface area (Å²) in [6.07, 6.45) is 7.84. The quantitative estimate of drug-likeness (QED) is 0.820. The minimum absolute atomic E-state index is 0.0478. The van der Waals surface area contributed by atoms with Gasteiger partial charge in [0.25, 0.3) is 0 Å². The summed E-state index contributed by atoms with van der Waals surface area (Å²) in [6, 6.07) is 0. The largest absolute Gasteiger partial charge is 0.342 e. The third-order valence-electron chi connectivity index (χ3n) is 4.81. The summed E-state index contributed by atoms with van der Waals surface area (Å²) in [5, 5.41) is 0. The van der Waals surface area contributed by atoms with Crippen LogP contribution in [0.1, 0.15) is 19.3 Å². The van der Waals surface area contributed by atoms with E-state index in [1.165, 1.54) is 19.2 Å². The second-order valence-corrected chi connectivity index (χ2v) is 6.36. The van der Waals surface area contributed by atoms with Gasteiger partial charge in [-0.2, -0.15) is 0 Å². The lowest BCUT2D eigenvalue weighted by molar-refractivity contribution is -0.131. The van der Waals surface area contributed by atoms with Crippen molar-refractivity contribution in [3.63, 3.8) is 0 Å². The smallest absolute Gasteiger partial charge is 0.232 e. The first-order valence-corrected chi connectivity index (χ1v) is 7.56. The number of nitrogens with zero attached hydrogens (tertiary/aromatic N) is 4. The maximum Gasteiger partial charge on any atom is 0.232 e. The average Bonchev–Trinajstić information content (AvgIpc) is 3.12. The second-order valence-electron chi connectivity index (χ2n) is 6.36. The Balaban J connectivity index is 1.43. The number of hydrogen-bond donors (Lipinski definition) is 0. The Morgan fingerprint density at radius 3 is 2.62 bits per heavy atom. The van der Waals surface area contributed by atoms with Crippen LogP contribution in [0.2, 0.25) is 0 Å². The molecule has 2 aliphatic heterocycles. The van der Waals surface area contributed by atoms with Crippen LogP contribution in [-0.4, -0.2) is 46.3 Å². The van der Waals surface area contributed by atoms with Crippen LogP contribution < -0.4 is 4.90 Å². The van der Waals surface area contributed by atoms with E-state index < -0.39 is 0 Å². The molecule has 3 aliphatic rings. The molecule has 3 heterocycles. The van der Waals surface area contributed by atoms with Gasteiger partial charge in [0, 0.05) is 32.0 Å². The summed E-state index contributed by atoms with van der Waals surface area (Å²) >= 11 is 0. The number of amides is 2. The van der Waals surface area contributed by atoms with Gasteiger partial charge in [-0.1, -0.05) is 0 Å². The highest BCUT2D eigenvalue weighted by atomic mass is 16.2. The molecule has 2 amide bonds. The first-order chi connectivity index (χ1) is 10.2. The molecule has 0 N–H and O–H groups in total. The summed E-state index contributed by atoms with van der Waals surface area (Å²) in [6.45, 7) is 1.97. The van der Waals surface area contributed by atoms with Crippen molar-refractivity contribution in [2.45, 2.75) is 19.3 Å². The lowest BCUT2D eigenvalue weighted by Crippen LogP contribution is -2.35. The molecule has 0 spiro atoms. The Kier molecular flexibility index (Phi) is 2.90. The molecule has 4 rings (SSSR count). The van der Waals surface area contributed by atoms with Crippen molar-refractivity contribution >= 4 is 17.5 Å². The van der Waals surface area contributed by atoms with Gasteiger partial charge in [-0.3, -0.25) is 9.59 Å². The van der Waals surface area contributed by atoms with Gasteiger partial charge in [0.1, 0.15) is 6.33 Å². The van der Waals surface area contributed by atoms with Crippen LogP contribution in [0.25, 0.3) is 0 Å². The molecule has 2 saturated heterocycles. The topological polar surface area (TPSA) is 66.4 Å². The van der Waals surface area contributed by atoms with Crippen LogP contribution in [0.15, 0.2) is 18.7 Å². The summed E-state index contributed by atoms with van der Waals surface area (Å²) in [7, 11) is 0. The summed E-state index contributed by atoms with van der Waals surface area (Å²) in [4.78, 5) is 36.3. The highest BCUT2D eigenvalue weighted by molar-refractivity contribution is 5.98. The SMILES string of the molecule is O=C(CC1CC1)N1C[C@@H]2CN(c3cncnc3)C(=O)[C@@H]2C1. The number of aromatic nitrogens is 2. The highest BCUT2D eigenvalue weighted by Crippen LogP contribution is 2.37. The van der Waals surface area contributed by atoms with Gasteiger partial charge in [0.05, 0.1) is 24.0 Å². The van der Waals surface area contributed by atoms with E-state index in [4.69, 9.17) is 0 Å². The fourth-order valence-corrected chi connectivity index (χ4v) is 3.43. The fraction of sp³-hybridized carbons (Fsp3) is 0.600. The Labute approximate surface area is 123 Å². The molecule has 0 radical (unpaired) electrons. The van der Waals surface area contributed by atoms with Crippen molar-refractivity contribution in [2.24, 2.45) is 17.8 Å². The minimum atomic E-state index is -0.0478. The number of rotatable bonds is 3. The van der Waals surface area contributed by atoms with Crippen LogP contribution in [0.5, 0.6) is 0 Å². The molecule has 6 heteroatoms. The summed E-state index contributed by atoms with van der Waals surface area (Å²) < 4.78 is 0. The Hall–Kier alpha value is -1.98. The molecule has 1 aromatic heterocycles. The third-order valence-corrected chi connectivity index (χ3v) is 4.81. The molecular weight excluding hydrogens is 268 g/mol. The zero-order valence-corrected chi connectivity index (χ0v) is 11.8. The molecule has 110 valence electrons. The predicted octanol–water partition coefficient (Wildman–Crippen LogP) is 0.698. The van der Waals surface area contributed by atoms with Crippen LogP contribution in [0.4, 0.5) is 5.69 Å². The van der Waals surface area contributed by atoms with Crippen LogP contribution in [-0.2, 0) is 9.59 Å². The maximum absolute atomic E-state index is 12.5. The summed E-state index contributed by atoms with van der Waals surface area (Å²) in [5.41, 5.74) is 0.757. The van der Waals surface area contributed by atoms with Gasteiger partial charge >= 0.3 is 0 Å². The van der Waals surface area contributed by atoms with E-state index in [2.05, 4.69) is 9.97 Å². The van der Waals surface area contributed by atoms with Crippen LogP contribution in [0.3, 0.4) is 0 Å². The van der Waals surface area contributed by atoms with Crippen molar-refractivity contribution in [3.8, 4) is 0 Å². The van der Waals surface area contributed by atoms with Crippen LogP contribution in [0, 0.1) is 17.8 Å². The number of fused-ring (bicyclic) bond motifs is 1. The van der Waals surface area contributed by atoms with Crippen molar-refractivity contribution in [3.05, 3.63) is 18.7 Å². The number of carbonyl (C=O) groups excluding carboxylic acids is 2. The van der Waals surface area contributed by atoms with Crippen molar-refractivity contribution in [1.29, 1.82) is 0 Å². The monoisotopic (exact) mass is 286 g/mol. The van der Waals surface area contributed by atoms with Crippen molar-refractivity contribution in [2.75, 3.05) is 24.5 Å². The Morgan fingerprint density at radius 2 is 1.95 bits per heavy atom. The lowest BCUT2D eigenvalue weighted by Gasteiger charge is -2.21. The molecule has 1 saturated carbocycles. The van der Waals surface area contributed by atoms with Gasteiger partial charge in [0.15, 0.2) is 0 Å². The standard InChI is InChI=1S/C15H18N4O2/c20-14(3-10-1-2-10)18-6-11-7-19(15(21)13(11)8-18)12-4-16-9-17-5-12/h4-5,9-11,13H,1-3,6-8H2/t11-,13-/m1/s1. The zero-order chi connectivity index (χ0) is 14.4. The zero-order valence-electron chi connectivity index (χ0n) is 11.8. The van der Waals surface area contributed by atoms with Gasteiger partial charge < -0.3 is 9.80 Å². The maximum atomic E-state index is 12.5. The van der Waals surface area contributed by atoms with E-state index in [1.54, 1.807) is 17.3 Å². The number of hydrogen-bond acceptors (Lipinski definition) is 4. The molecule has 1 aliphatic carbocycles. The first-order valence-electron chi connectivity index (χ1n) is 7.56. The second kappa shape index (κ2) is 4.79. The highest BCUT2D eigenvalue weighted by Gasteiger charge is 2.48. The molecule has 0 aromatic carbocycles. The molecular formula is C15H18N4O2. The van der Waals surface area contributed by atoms with E-state index in [-0.39, 0.29) is 23.7 Å². The van der Waals surface area contributed by atoms with Gasteiger partial charge in [0.2, 0.25) is 11.8 Å². The Morgan fingerprint density at radius 1 is 1.19 bits per heavy atom. The summed E-state index contributed by atoms with van der Waals surface area (Å²) in [5.74, 6) is 1.15. The average molecular weight is 286 g/mol. The molecule has 0 unspecified atom stereocenters. The first kappa shape index (κ1) is 12.7. The van der Waals surface area contributed by atoms with Crippen LogP contribution >= 0.6 is 0 Å². The van der Waals surface area contributed by atoms with E-state index in [1.807, 2.05) is 4.90 Å². The fourth-order valence-electron chi connectivity index (χ4n) is 3.43. The normalized spacial score (nSPS) is 28.1. The molecule has 6 nitrogen and oxygen atoms in total. The van der Waals surface area contributed by atoms with E-state index in [0.717, 1.165) is 5.69 Å². The molecule has 3 fully saturated rings. The lowest BCUT2D eigenvalue weighted by atomic mass is 10.0. The molecule has 0 bridgehead atoms. The van der Waals surface area contributed by atoms with Gasteiger partial charge in [-0.05, 0) is 18.8 Å². The van der Waals surface area contributed by atoms with E-state index in [9.17, 15) is 9.59 Å².